The van der Waals surface area contributed by atoms with Gasteiger partial charge in [0.2, 0.25) is 0 Å². The molecule has 5 heteroatoms. The number of benzene rings is 2. The Bertz CT molecular complexity index is 684. The summed E-state index contributed by atoms with van der Waals surface area (Å²) in [5, 5.41) is 2.83. The van der Waals surface area contributed by atoms with E-state index in [4.69, 9.17) is 18.0 Å². The third kappa shape index (κ3) is 2.93. The highest BCUT2D eigenvalue weighted by atomic mass is 32.1. The predicted octanol–water partition coefficient (Wildman–Crippen LogP) is 3.96. The number of hydrogen-bond donors (Lipinski definition) is 2. The van der Waals surface area contributed by atoms with E-state index in [9.17, 15) is 8.78 Å². The maximum atomic E-state index is 13.8. The molecule has 104 valence electrons. The third-order valence-corrected chi connectivity index (χ3v) is 3.18. The molecule has 0 heterocycles. The quantitative estimate of drug-likeness (QED) is 0.841. The summed E-state index contributed by atoms with van der Waals surface area (Å²) >= 11 is 4.97. The summed E-state index contributed by atoms with van der Waals surface area (Å²) in [6.45, 7) is 3.41. The maximum absolute atomic E-state index is 13.8. The minimum Gasteiger partial charge on any atom is -0.389 e. The normalized spacial score (nSPS) is 10.4. The first-order valence-electron chi connectivity index (χ1n) is 6.01. The van der Waals surface area contributed by atoms with E-state index in [-0.39, 0.29) is 16.2 Å². The van der Waals surface area contributed by atoms with Crippen LogP contribution in [0.3, 0.4) is 0 Å². The maximum Gasteiger partial charge on any atom is 0.147 e. The summed E-state index contributed by atoms with van der Waals surface area (Å²) in [6.07, 6.45) is 0. The first-order valence-corrected chi connectivity index (χ1v) is 6.42. The SMILES string of the molecule is Cc1ccc(Nc2cc(F)c(C)cc2F)c(C(N)=S)c1. The van der Waals surface area contributed by atoms with Gasteiger partial charge in [0.15, 0.2) is 0 Å². The van der Waals surface area contributed by atoms with Crippen LogP contribution in [0.2, 0.25) is 0 Å². The molecule has 3 N–H and O–H groups in total. The lowest BCUT2D eigenvalue weighted by Gasteiger charge is -2.13. The van der Waals surface area contributed by atoms with Crippen molar-refractivity contribution in [1.82, 2.24) is 0 Å². The molecule has 0 unspecified atom stereocenters. The van der Waals surface area contributed by atoms with E-state index < -0.39 is 11.6 Å². The van der Waals surface area contributed by atoms with Crippen LogP contribution in [-0.2, 0) is 0 Å². The van der Waals surface area contributed by atoms with Crippen LogP contribution in [0.15, 0.2) is 30.3 Å². The number of nitrogens with two attached hydrogens (primary N) is 1. The Hall–Kier alpha value is -2.01. The van der Waals surface area contributed by atoms with E-state index in [1.807, 2.05) is 13.0 Å². The highest BCUT2D eigenvalue weighted by Gasteiger charge is 2.11. The second-order valence-corrected chi connectivity index (χ2v) is 5.06. The minimum atomic E-state index is -0.529. The largest absolute Gasteiger partial charge is 0.389 e. The van der Waals surface area contributed by atoms with Crippen molar-refractivity contribution in [2.75, 3.05) is 5.32 Å². The van der Waals surface area contributed by atoms with Crippen molar-refractivity contribution >= 4 is 28.6 Å². The highest BCUT2D eigenvalue weighted by Crippen LogP contribution is 2.26. The van der Waals surface area contributed by atoms with E-state index >= 15 is 0 Å². The molecule has 0 amide bonds. The molecule has 0 radical (unpaired) electrons. The van der Waals surface area contributed by atoms with Gasteiger partial charge in [0.05, 0.1) is 5.69 Å². The first kappa shape index (κ1) is 14.4. The molecule has 2 nitrogen and oxygen atoms in total. The second kappa shape index (κ2) is 5.54. The van der Waals surface area contributed by atoms with Crippen molar-refractivity contribution in [1.29, 1.82) is 0 Å². The molecule has 0 spiro atoms. The molecule has 0 atom stereocenters. The Labute approximate surface area is 121 Å². The summed E-state index contributed by atoms with van der Waals surface area (Å²) in [6, 6.07) is 7.64. The molecular weight excluding hydrogens is 278 g/mol. The number of nitrogens with one attached hydrogen (secondary N) is 1. The molecule has 0 fully saturated rings. The van der Waals surface area contributed by atoms with Gasteiger partial charge in [0, 0.05) is 17.3 Å². The van der Waals surface area contributed by atoms with Crippen molar-refractivity contribution in [2.45, 2.75) is 13.8 Å². The summed E-state index contributed by atoms with van der Waals surface area (Å²) in [4.78, 5) is 0.198. The lowest BCUT2D eigenvalue weighted by atomic mass is 10.1. The Balaban J connectivity index is 2.45. The van der Waals surface area contributed by atoms with E-state index in [2.05, 4.69) is 5.32 Å². The smallest absolute Gasteiger partial charge is 0.147 e. The van der Waals surface area contributed by atoms with Gasteiger partial charge in [-0.25, -0.2) is 8.78 Å². The molecule has 0 aromatic heterocycles. The lowest BCUT2D eigenvalue weighted by molar-refractivity contribution is 0.595. The number of thiocarbonyl (C=S) groups is 1. The zero-order valence-corrected chi connectivity index (χ0v) is 11.9. The van der Waals surface area contributed by atoms with Crippen LogP contribution < -0.4 is 11.1 Å². The Morgan fingerprint density at radius 3 is 2.40 bits per heavy atom. The van der Waals surface area contributed by atoms with Gasteiger partial charge in [-0.3, -0.25) is 0 Å². The van der Waals surface area contributed by atoms with Gasteiger partial charge in [-0.1, -0.05) is 23.8 Å². The fraction of sp³-hybridized carbons (Fsp3) is 0.133. The standard InChI is InChI=1S/C15H14F2N2S/c1-8-3-4-13(10(5-8)15(18)20)19-14-7-11(16)9(2)6-12(14)17/h3-7,19H,1-2H3,(H2,18,20). The number of halogens is 2. The van der Waals surface area contributed by atoms with Crippen molar-refractivity contribution in [3.8, 4) is 0 Å². The molecule has 2 aromatic rings. The average molecular weight is 292 g/mol. The summed E-state index contributed by atoms with van der Waals surface area (Å²) in [5.74, 6) is -1.00. The average Bonchev–Trinajstić information content (AvgIpc) is 2.37. The molecule has 2 rings (SSSR count). The van der Waals surface area contributed by atoms with Gasteiger partial charge in [-0.15, -0.1) is 0 Å². The van der Waals surface area contributed by atoms with Crippen LogP contribution in [0.4, 0.5) is 20.2 Å². The van der Waals surface area contributed by atoms with Crippen LogP contribution in [0.1, 0.15) is 16.7 Å². The van der Waals surface area contributed by atoms with Gasteiger partial charge in [-0.2, -0.15) is 0 Å². The fourth-order valence-corrected chi connectivity index (χ4v) is 2.03. The number of anilines is 2. The van der Waals surface area contributed by atoms with E-state index in [0.717, 1.165) is 17.7 Å². The van der Waals surface area contributed by atoms with Crippen molar-refractivity contribution in [3.63, 3.8) is 0 Å². The zero-order chi connectivity index (χ0) is 14.9. The first-order chi connectivity index (χ1) is 9.38. The molecule has 0 aliphatic carbocycles. The van der Waals surface area contributed by atoms with Crippen LogP contribution in [0, 0.1) is 25.5 Å². The number of aryl methyl sites for hydroxylation is 2. The third-order valence-electron chi connectivity index (χ3n) is 2.96. The number of rotatable bonds is 3. The van der Waals surface area contributed by atoms with E-state index in [1.165, 1.54) is 6.92 Å². The summed E-state index contributed by atoms with van der Waals surface area (Å²) < 4.78 is 27.4. The van der Waals surface area contributed by atoms with Crippen LogP contribution in [0.5, 0.6) is 0 Å². The predicted molar refractivity (Wildman–Crippen MR) is 81.4 cm³/mol. The van der Waals surface area contributed by atoms with E-state index in [1.54, 1.807) is 12.1 Å². The lowest BCUT2D eigenvalue weighted by Crippen LogP contribution is -2.12. The Kier molecular flexibility index (Phi) is 3.99. The monoisotopic (exact) mass is 292 g/mol. The Morgan fingerprint density at radius 1 is 1.05 bits per heavy atom. The number of hydrogen-bond acceptors (Lipinski definition) is 2. The van der Waals surface area contributed by atoms with Crippen LogP contribution >= 0.6 is 12.2 Å². The highest BCUT2D eigenvalue weighted by molar-refractivity contribution is 7.80. The molecule has 0 saturated carbocycles. The topological polar surface area (TPSA) is 38.0 Å². The van der Waals surface area contributed by atoms with Gasteiger partial charge >= 0.3 is 0 Å². The van der Waals surface area contributed by atoms with Crippen LogP contribution in [0.25, 0.3) is 0 Å². The minimum absolute atomic E-state index is 0.0504. The van der Waals surface area contributed by atoms with Crippen molar-refractivity contribution < 1.29 is 8.78 Å². The molecule has 2 aromatic carbocycles. The molecule has 0 saturated heterocycles. The van der Waals surface area contributed by atoms with E-state index in [0.29, 0.717) is 11.3 Å². The second-order valence-electron chi connectivity index (χ2n) is 4.62. The molecule has 20 heavy (non-hydrogen) atoms. The van der Waals surface area contributed by atoms with Gasteiger partial charge < -0.3 is 11.1 Å². The van der Waals surface area contributed by atoms with Crippen LogP contribution in [-0.4, -0.2) is 4.99 Å². The Morgan fingerprint density at radius 2 is 1.75 bits per heavy atom. The zero-order valence-electron chi connectivity index (χ0n) is 11.1. The molecule has 0 bridgehead atoms. The summed E-state index contributed by atoms with van der Waals surface area (Å²) in [5.41, 5.74) is 8.08. The molecule has 0 aliphatic rings. The molecular formula is C15H14F2N2S. The fourth-order valence-electron chi connectivity index (χ4n) is 1.86. The molecule has 0 aliphatic heterocycles. The van der Waals surface area contributed by atoms with Crippen molar-refractivity contribution in [3.05, 3.63) is 58.7 Å². The van der Waals surface area contributed by atoms with Gasteiger partial charge in [-0.05, 0) is 37.6 Å². The van der Waals surface area contributed by atoms with Crippen molar-refractivity contribution in [2.24, 2.45) is 5.73 Å². The van der Waals surface area contributed by atoms with Gasteiger partial charge in [0.1, 0.15) is 16.6 Å². The van der Waals surface area contributed by atoms with Gasteiger partial charge in [0.25, 0.3) is 0 Å². The summed E-state index contributed by atoms with van der Waals surface area (Å²) in [7, 11) is 0.